The molecule has 0 spiro atoms. The van der Waals surface area contributed by atoms with E-state index in [1.54, 1.807) is 6.92 Å². The van der Waals surface area contributed by atoms with E-state index in [0.29, 0.717) is 24.6 Å². The molecule has 1 heterocycles. The predicted molar refractivity (Wildman–Crippen MR) is 96.3 cm³/mol. The molecule has 0 amide bonds. The lowest BCUT2D eigenvalue weighted by Gasteiger charge is -2.07. The Bertz CT molecular complexity index is 870. The number of nitrogens with zero attached hydrogens (tertiary/aromatic N) is 2. The first-order chi connectivity index (χ1) is 12.2. The van der Waals surface area contributed by atoms with Gasteiger partial charge in [-0.05, 0) is 38.1 Å². The van der Waals surface area contributed by atoms with E-state index < -0.39 is 0 Å². The summed E-state index contributed by atoms with van der Waals surface area (Å²) in [7, 11) is 0. The van der Waals surface area contributed by atoms with E-state index in [2.05, 4.69) is 10.1 Å². The van der Waals surface area contributed by atoms with Gasteiger partial charge >= 0.3 is 0 Å². The average Bonchev–Trinajstić information content (AvgIpc) is 3.03. The summed E-state index contributed by atoms with van der Waals surface area (Å²) in [6.45, 7) is 4.14. The van der Waals surface area contributed by atoms with Gasteiger partial charge in [0.2, 0.25) is 5.89 Å². The van der Waals surface area contributed by atoms with Crippen LogP contribution in [-0.4, -0.2) is 22.5 Å². The topological polar surface area (TPSA) is 67.9 Å². The number of aryl methyl sites for hydroxylation is 1. The van der Waals surface area contributed by atoms with Gasteiger partial charge in [0.05, 0.1) is 18.0 Å². The number of aromatic nitrogens is 1. The second-order valence-corrected chi connectivity index (χ2v) is 5.70. The molecular weight excluding hydrogens is 316 g/mol. The maximum absolute atomic E-state index is 8.86. The summed E-state index contributed by atoms with van der Waals surface area (Å²) in [5.41, 5.74) is 3.22. The number of rotatable bonds is 6. The third-order valence-electron chi connectivity index (χ3n) is 3.92. The number of hydrogen-bond donors (Lipinski definition) is 1. The first kappa shape index (κ1) is 16.8. The summed E-state index contributed by atoms with van der Waals surface area (Å²) in [6.07, 6.45) is 0.652. The molecule has 0 saturated heterocycles. The van der Waals surface area contributed by atoms with Gasteiger partial charge in [-0.15, -0.1) is 0 Å². The van der Waals surface area contributed by atoms with Crippen LogP contribution in [0.4, 0.5) is 0 Å². The molecule has 5 nitrogen and oxygen atoms in total. The smallest absolute Gasteiger partial charge is 0.226 e. The Hall–Kier alpha value is -3.08. The maximum atomic E-state index is 8.86. The highest BCUT2D eigenvalue weighted by molar-refractivity contribution is 5.98. The Kier molecular flexibility index (Phi) is 5.14. The number of hydrogen-bond acceptors (Lipinski definition) is 5. The summed E-state index contributed by atoms with van der Waals surface area (Å²) < 4.78 is 11.6. The van der Waals surface area contributed by atoms with Crippen molar-refractivity contribution < 1.29 is 14.4 Å². The Morgan fingerprint density at radius 2 is 1.96 bits per heavy atom. The largest absolute Gasteiger partial charge is 0.493 e. The van der Waals surface area contributed by atoms with Crippen LogP contribution in [-0.2, 0) is 6.42 Å². The van der Waals surface area contributed by atoms with E-state index >= 15 is 0 Å². The lowest BCUT2D eigenvalue weighted by atomic mass is 10.1. The van der Waals surface area contributed by atoms with Crippen LogP contribution < -0.4 is 4.74 Å². The molecular formula is C20H20N2O3. The highest BCUT2D eigenvalue weighted by Crippen LogP contribution is 2.22. The van der Waals surface area contributed by atoms with Gasteiger partial charge in [0.1, 0.15) is 11.5 Å². The fraction of sp³-hybridized carbons (Fsp3) is 0.200. The zero-order valence-electron chi connectivity index (χ0n) is 14.3. The highest BCUT2D eigenvalue weighted by Gasteiger charge is 2.11. The van der Waals surface area contributed by atoms with E-state index in [1.165, 1.54) is 0 Å². The van der Waals surface area contributed by atoms with Crippen molar-refractivity contribution in [1.82, 2.24) is 4.98 Å². The van der Waals surface area contributed by atoms with Crippen LogP contribution in [0.3, 0.4) is 0 Å². The number of oxime groups is 1. The summed E-state index contributed by atoms with van der Waals surface area (Å²) >= 11 is 0. The van der Waals surface area contributed by atoms with Crippen molar-refractivity contribution >= 4 is 5.71 Å². The third kappa shape index (κ3) is 4.07. The molecule has 0 bridgehead atoms. The average molecular weight is 336 g/mol. The van der Waals surface area contributed by atoms with Gasteiger partial charge in [0.25, 0.3) is 0 Å². The molecule has 2 aromatic carbocycles. The minimum absolute atomic E-state index is 0.486. The molecule has 3 rings (SSSR count). The van der Waals surface area contributed by atoms with E-state index in [0.717, 1.165) is 28.3 Å². The van der Waals surface area contributed by atoms with E-state index in [4.69, 9.17) is 14.4 Å². The van der Waals surface area contributed by atoms with Gasteiger partial charge in [-0.3, -0.25) is 0 Å². The Morgan fingerprint density at radius 3 is 2.72 bits per heavy atom. The maximum Gasteiger partial charge on any atom is 0.226 e. The fourth-order valence-electron chi connectivity index (χ4n) is 2.50. The summed E-state index contributed by atoms with van der Waals surface area (Å²) in [5.74, 6) is 2.16. The lowest BCUT2D eigenvalue weighted by Crippen LogP contribution is -2.03. The van der Waals surface area contributed by atoms with Crippen molar-refractivity contribution in [3.05, 3.63) is 71.6 Å². The molecule has 0 aliphatic carbocycles. The van der Waals surface area contributed by atoms with Crippen molar-refractivity contribution in [2.24, 2.45) is 5.16 Å². The van der Waals surface area contributed by atoms with Crippen LogP contribution in [0.25, 0.3) is 11.5 Å². The molecule has 0 unspecified atom stereocenters. The molecule has 5 heteroatoms. The monoisotopic (exact) mass is 336 g/mol. The summed E-state index contributed by atoms with van der Waals surface area (Å²) in [4.78, 5) is 4.57. The molecule has 0 saturated carbocycles. The molecule has 0 aliphatic rings. The van der Waals surface area contributed by atoms with Crippen molar-refractivity contribution in [1.29, 1.82) is 0 Å². The van der Waals surface area contributed by atoms with E-state index in [9.17, 15) is 0 Å². The Morgan fingerprint density at radius 1 is 1.16 bits per heavy atom. The molecule has 3 aromatic rings. The van der Waals surface area contributed by atoms with Crippen LogP contribution in [0.15, 0.2) is 64.2 Å². The third-order valence-corrected chi connectivity index (χ3v) is 3.92. The highest BCUT2D eigenvalue weighted by atomic mass is 16.5. The first-order valence-electron chi connectivity index (χ1n) is 8.11. The number of ether oxygens (including phenoxy) is 1. The molecule has 128 valence electrons. The second kappa shape index (κ2) is 7.66. The molecule has 1 N–H and O–H groups in total. The van der Waals surface area contributed by atoms with Crippen LogP contribution in [0.5, 0.6) is 5.75 Å². The first-order valence-corrected chi connectivity index (χ1v) is 8.11. The number of oxazole rings is 1. The van der Waals surface area contributed by atoms with Crippen LogP contribution in [0.2, 0.25) is 0 Å². The standard InChI is InChI=1S/C20H20N2O3/c1-14(22-23)17-9-6-10-18(13-17)24-12-11-19-15(2)25-20(21-19)16-7-4-3-5-8-16/h3-10,13,23H,11-12H2,1-2H3/b22-14+. The minimum Gasteiger partial charge on any atom is -0.493 e. The van der Waals surface area contributed by atoms with Gasteiger partial charge in [-0.2, -0.15) is 0 Å². The molecule has 1 aromatic heterocycles. The Labute approximate surface area is 146 Å². The normalized spacial score (nSPS) is 11.5. The number of benzene rings is 2. The van der Waals surface area contributed by atoms with Crippen molar-refractivity contribution in [2.75, 3.05) is 6.61 Å². The molecule has 0 aliphatic heterocycles. The van der Waals surface area contributed by atoms with Gasteiger partial charge in [-0.25, -0.2) is 4.98 Å². The van der Waals surface area contributed by atoms with Crippen molar-refractivity contribution in [3.8, 4) is 17.2 Å². The molecule has 25 heavy (non-hydrogen) atoms. The van der Waals surface area contributed by atoms with Crippen LogP contribution in [0.1, 0.15) is 23.9 Å². The van der Waals surface area contributed by atoms with Gasteiger partial charge < -0.3 is 14.4 Å². The molecule has 0 atom stereocenters. The van der Waals surface area contributed by atoms with Gasteiger partial charge in [0.15, 0.2) is 0 Å². The fourth-order valence-corrected chi connectivity index (χ4v) is 2.50. The molecule has 0 radical (unpaired) electrons. The zero-order valence-corrected chi connectivity index (χ0v) is 14.3. The van der Waals surface area contributed by atoms with Crippen molar-refractivity contribution in [3.63, 3.8) is 0 Å². The summed E-state index contributed by atoms with van der Waals surface area (Å²) in [5, 5.41) is 12.1. The SMILES string of the molecule is C/C(=N\O)c1cccc(OCCc2nc(-c3ccccc3)oc2C)c1. The quantitative estimate of drug-likeness (QED) is 0.410. The zero-order chi connectivity index (χ0) is 17.6. The minimum atomic E-state index is 0.486. The van der Waals surface area contributed by atoms with Crippen LogP contribution >= 0.6 is 0 Å². The molecule has 0 fully saturated rings. The van der Waals surface area contributed by atoms with E-state index in [1.807, 2.05) is 61.5 Å². The predicted octanol–water partition coefficient (Wildman–Crippen LogP) is 4.47. The van der Waals surface area contributed by atoms with Crippen LogP contribution in [0, 0.1) is 6.92 Å². The summed E-state index contributed by atoms with van der Waals surface area (Å²) in [6, 6.07) is 17.3. The Balaban J connectivity index is 1.64. The second-order valence-electron chi connectivity index (χ2n) is 5.70. The van der Waals surface area contributed by atoms with Gasteiger partial charge in [-0.1, -0.05) is 35.5 Å². The lowest BCUT2D eigenvalue weighted by molar-refractivity contribution is 0.317. The van der Waals surface area contributed by atoms with E-state index in [-0.39, 0.29) is 0 Å². The van der Waals surface area contributed by atoms with Gasteiger partial charge in [0, 0.05) is 17.5 Å². The van der Waals surface area contributed by atoms with Crippen molar-refractivity contribution in [2.45, 2.75) is 20.3 Å².